The van der Waals surface area contributed by atoms with E-state index in [1.54, 1.807) is 12.3 Å². The smallest absolute Gasteiger partial charge is 0.325 e. The van der Waals surface area contributed by atoms with Gasteiger partial charge in [-0.15, -0.1) is 0 Å². The number of aryl methyl sites for hydroxylation is 1. The van der Waals surface area contributed by atoms with Crippen molar-refractivity contribution in [3.05, 3.63) is 53.6 Å². The molecule has 1 unspecified atom stereocenters. The Labute approximate surface area is 151 Å². The van der Waals surface area contributed by atoms with Crippen molar-refractivity contribution in [2.45, 2.75) is 38.1 Å². The molecule has 6 nitrogen and oxygen atoms in total. The number of carbonyl (C=O) groups is 2. The SMILES string of the molecule is O=C(O)Cn1ccc(C2CCCN(C(=O)CCc3cccc(F)c3)C2)n1. The van der Waals surface area contributed by atoms with E-state index in [1.807, 2.05) is 17.0 Å². The van der Waals surface area contributed by atoms with E-state index >= 15 is 0 Å². The highest BCUT2D eigenvalue weighted by Crippen LogP contribution is 2.26. The lowest BCUT2D eigenvalue weighted by atomic mass is 9.94. The van der Waals surface area contributed by atoms with Gasteiger partial charge < -0.3 is 10.0 Å². The number of carbonyl (C=O) groups excluding carboxylic acids is 1. The molecule has 7 heteroatoms. The quantitative estimate of drug-likeness (QED) is 0.860. The van der Waals surface area contributed by atoms with Crippen LogP contribution in [0, 0.1) is 5.82 Å². The van der Waals surface area contributed by atoms with Crippen LogP contribution in [0.15, 0.2) is 36.5 Å². The summed E-state index contributed by atoms with van der Waals surface area (Å²) >= 11 is 0. The molecule has 138 valence electrons. The van der Waals surface area contributed by atoms with E-state index in [9.17, 15) is 14.0 Å². The Hall–Kier alpha value is -2.70. The van der Waals surface area contributed by atoms with E-state index in [0.29, 0.717) is 25.9 Å². The molecule has 1 fully saturated rings. The first-order chi connectivity index (χ1) is 12.5. The largest absolute Gasteiger partial charge is 0.480 e. The minimum atomic E-state index is -0.933. The summed E-state index contributed by atoms with van der Waals surface area (Å²) in [4.78, 5) is 25.1. The fraction of sp³-hybridized carbons (Fsp3) is 0.421. The van der Waals surface area contributed by atoms with Gasteiger partial charge in [-0.2, -0.15) is 5.10 Å². The van der Waals surface area contributed by atoms with Crippen LogP contribution in [-0.2, 0) is 22.6 Å². The normalized spacial score (nSPS) is 17.3. The van der Waals surface area contributed by atoms with Crippen molar-refractivity contribution in [3.63, 3.8) is 0 Å². The van der Waals surface area contributed by atoms with Crippen LogP contribution in [0.2, 0.25) is 0 Å². The third-order valence-corrected chi connectivity index (χ3v) is 4.67. The number of rotatable bonds is 6. The second-order valence-corrected chi connectivity index (χ2v) is 6.64. The Morgan fingerprint density at radius 2 is 2.15 bits per heavy atom. The summed E-state index contributed by atoms with van der Waals surface area (Å²) in [6.45, 7) is 1.14. The van der Waals surface area contributed by atoms with E-state index < -0.39 is 5.97 Å². The minimum Gasteiger partial charge on any atom is -0.480 e. The molecule has 0 saturated carbocycles. The van der Waals surface area contributed by atoms with E-state index in [0.717, 1.165) is 24.1 Å². The van der Waals surface area contributed by atoms with Gasteiger partial charge in [0.05, 0.1) is 5.69 Å². The first-order valence-electron chi connectivity index (χ1n) is 8.78. The molecule has 0 aliphatic carbocycles. The highest BCUT2D eigenvalue weighted by atomic mass is 19.1. The summed E-state index contributed by atoms with van der Waals surface area (Å²) in [5.41, 5.74) is 1.65. The van der Waals surface area contributed by atoms with Crippen LogP contribution in [-0.4, -0.2) is 44.8 Å². The summed E-state index contributed by atoms with van der Waals surface area (Å²) in [5.74, 6) is -1.04. The number of hydrogen-bond donors (Lipinski definition) is 1. The Morgan fingerprint density at radius 3 is 2.92 bits per heavy atom. The highest BCUT2D eigenvalue weighted by molar-refractivity contribution is 5.76. The summed E-state index contributed by atoms with van der Waals surface area (Å²) in [7, 11) is 0. The number of aromatic nitrogens is 2. The van der Waals surface area contributed by atoms with Crippen LogP contribution in [0.1, 0.15) is 36.4 Å². The zero-order chi connectivity index (χ0) is 18.5. The molecule has 1 aliphatic rings. The molecule has 1 aromatic heterocycles. The molecule has 0 spiro atoms. The molecule has 0 bridgehead atoms. The topological polar surface area (TPSA) is 75.4 Å². The molecule has 1 amide bonds. The van der Waals surface area contributed by atoms with Crippen molar-refractivity contribution in [1.82, 2.24) is 14.7 Å². The number of likely N-dealkylation sites (tertiary alicyclic amines) is 1. The Kier molecular flexibility index (Phi) is 5.65. The van der Waals surface area contributed by atoms with Gasteiger partial charge in [-0.05, 0) is 43.0 Å². The number of halogens is 1. The third kappa shape index (κ3) is 4.68. The summed E-state index contributed by atoms with van der Waals surface area (Å²) in [6, 6.07) is 8.16. The maximum atomic E-state index is 13.2. The summed E-state index contributed by atoms with van der Waals surface area (Å²) in [6.07, 6.45) is 4.35. The number of aliphatic carboxylic acids is 1. The van der Waals surface area contributed by atoms with E-state index in [4.69, 9.17) is 5.11 Å². The predicted molar refractivity (Wildman–Crippen MR) is 93.1 cm³/mol. The zero-order valence-corrected chi connectivity index (χ0v) is 14.5. The van der Waals surface area contributed by atoms with Crippen LogP contribution >= 0.6 is 0 Å². The van der Waals surface area contributed by atoms with Gasteiger partial charge in [-0.3, -0.25) is 14.3 Å². The van der Waals surface area contributed by atoms with Gasteiger partial charge in [-0.1, -0.05) is 12.1 Å². The van der Waals surface area contributed by atoms with E-state index in [1.165, 1.54) is 16.8 Å². The molecule has 1 aliphatic heterocycles. The molecule has 26 heavy (non-hydrogen) atoms. The Bertz CT molecular complexity index is 790. The summed E-state index contributed by atoms with van der Waals surface area (Å²) in [5, 5.41) is 13.2. The second-order valence-electron chi connectivity index (χ2n) is 6.64. The monoisotopic (exact) mass is 359 g/mol. The number of amides is 1. The molecule has 1 saturated heterocycles. The lowest BCUT2D eigenvalue weighted by molar-refractivity contribution is -0.138. The number of hydrogen-bond acceptors (Lipinski definition) is 3. The Morgan fingerprint density at radius 1 is 1.31 bits per heavy atom. The Balaban J connectivity index is 1.56. The van der Waals surface area contributed by atoms with Crippen molar-refractivity contribution in [3.8, 4) is 0 Å². The first kappa shape index (κ1) is 18.1. The van der Waals surface area contributed by atoms with Gasteiger partial charge in [0.25, 0.3) is 0 Å². The number of piperidine rings is 1. The molecule has 3 rings (SSSR count). The number of benzene rings is 1. The first-order valence-corrected chi connectivity index (χ1v) is 8.78. The maximum Gasteiger partial charge on any atom is 0.325 e. The average Bonchev–Trinajstić information content (AvgIpc) is 3.07. The number of nitrogens with zero attached hydrogens (tertiary/aromatic N) is 3. The predicted octanol–water partition coefficient (Wildman–Crippen LogP) is 2.45. The van der Waals surface area contributed by atoms with Crippen LogP contribution in [0.4, 0.5) is 4.39 Å². The lowest BCUT2D eigenvalue weighted by Gasteiger charge is -2.32. The van der Waals surface area contributed by atoms with E-state index in [-0.39, 0.29) is 24.2 Å². The molecule has 2 aromatic rings. The molecule has 1 atom stereocenters. The van der Waals surface area contributed by atoms with Crippen molar-refractivity contribution in [1.29, 1.82) is 0 Å². The zero-order valence-electron chi connectivity index (χ0n) is 14.5. The van der Waals surface area contributed by atoms with Gasteiger partial charge in [-0.25, -0.2) is 4.39 Å². The molecular weight excluding hydrogens is 337 g/mol. The van der Waals surface area contributed by atoms with Crippen molar-refractivity contribution in [2.24, 2.45) is 0 Å². The molecule has 1 N–H and O–H groups in total. The van der Waals surface area contributed by atoms with Gasteiger partial charge in [0.1, 0.15) is 12.4 Å². The standard InChI is InChI=1S/C19H22FN3O3/c20-16-5-1-3-14(11-16)6-7-18(24)22-9-2-4-15(12-22)17-8-10-23(21-17)13-19(25)26/h1,3,5,8,10-11,15H,2,4,6-7,9,12-13H2,(H,25,26). The van der Waals surface area contributed by atoms with Gasteiger partial charge in [0.2, 0.25) is 5.91 Å². The van der Waals surface area contributed by atoms with Gasteiger partial charge in [0.15, 0.2) is 0 Å². The average molecular weight is 359 g/mol. The molecule has 1 aromatic carbocycles. The van der Waals surface area contributed by atoms with Crippen molar-refractivity contribution < 1.29 is 19.1 Å². The number of carboxylic acids is 1. The molecule has 0 radical (unpaired) electrons. The van der Waals surface area contributed by atoms with Crippen LogP contribution in [0.5, 0.6) is 0 Å². The van der Waals surface area contributed by atoms with Crippen molar-refractivity contribution in [2.75, 3.05) is 13.1 Å². The van der Waals surface area contributed by atoms with Crippen LogP contribution in [0.3, 0.4) is 0 Å². The highest BCUT2D eigenvalue weighted by Gasteiger charge is 2.26. The minimum absolute atomic E-state index is 0.0592. The van der Waals surface area contributed by atoms with Crippen LogP contribution < -0.4 is 0 Å². The fourth-order valence-corrected chi connectivity index (χ4v) is 3.37. The fourth-order valence-electron chi connectivity index (χ4n) is 3.37. The van der Waals surface area contributed by atoms with Crippen molar-refractivity contribution >= 4 is 11.9 Å². The van der Waals surface area contributed by atoms with Gasteiger partial charge >= 0.3 is 5.97 Å². The molecular formula is C19H22FN3O3. The maximum absolute atomic E-state index is 13.2. The number of carboxylic acid groups (broad SMARTS) is 1. The van der Waals surface area contributed by atoms with E-state index in [2.05, 4.69) is 5.10 Å². The summed E-state index contributed by atoms with van der Waals surface area (Å²) < 4.78 is 14.6. The van der Waals surface area contributed by atoms with Gasteiger partial charge in [0, 0.05) is 31.6 Å². The second kappa shape index (κ2) is 8.12. The molecule has 2 heterocycles. The lowest BCUT2D eigenvalue weighted by Crippen LogP contribution is -2.39. The third-order valence-electron chi connectivity index (χ3n) is 4.67. The van der Waals surface area contributed by atoms with Crippen LogP contribution in [0.25, 0.3) is 0 Å².